The molecule has 0 saturated heterocycles. The van der Waals surface area contributed by atoms with Gasteiger partial charge in [-0.25, -0.2) is 14.5 Å². The van der Waals surface area contributed by atoms with Gasteiger partial charge in [-0.3, -0.25) is 0 Å². The van der Waals surface area contributed by atoms with Gasteiger partial charge < -0.3 is 0 Å². The molecule has 0 unspecified atom stereocenters. The Balaban J connectivity index is 1.93. The summed E-state index contributed by atoms with van der Waals surface area (Å²) in [4.78, 5) is 9.10. The molecule has 0 N–H and O–H groups in total. The van der Waals surface area contributed by atoms with E-state index >= 15 is 0 Å². The normalized spacial score (nSPS) is 11.0. The molecular weight excluding hydrogens is 404 g/mol. The van der Waals surface area contributed by atoms with Crippen molar-refractivity contribution in [3.63, 3.8) is 0 Å². The Morgan fingerprint density at radius 1 is 0.879 bits per heavy atom. The molecule has 2 heterocycles. The van der Waals surface area contributed by atoms with E-state index in [1.165, 1.54) is 5.56 Å². The number of hydrogen-bond acceptors (Lipinski definition) is 2. The topological polar surface area (TPSA) is 35.1 Å². The monoisotopic (exact) mass is 428 g/mol. The van der Waals surface area contributed by atoms with Gasteiger partial charge in [-0.1, -0.05) is 73.7 Å². The highest BCUT2D eigenvalue weighted by Crippen LogP contribution is 2.45. The van der Waals surface area contributed by atoms with Crippen LogP contribution in [0.3, 0.4) is 0 Å². The summed E-state index contributed by atoms with van der Waals surface area (Å²) in [7, 11) is 0. The number of pyridine rings is 1. The Morgan fingerprint density at radius 3 is 2.24 bits per heavy atom. The van der Waals surface area contributed by atoms with Crippen molar-refractivity contribution in [1.82, 2.24) is 14.8 Å². The Morgan fingerprint density at radius 2 is 1.58 bits per heavy atom. The fraction of sp³-hybridized carbons (Fsp3) is 0.138. The molecule has 33 heavy (non-hydrogen) atoms. The maximum absolute atomic E-state index is 8.15. The van der Waals surface area contributed by atoms with E-state index in [0.717, 1.165) is 51.1 Å². The van der Waals surface area contributed by atoms with E-state index in [1.807, 2.05) is 54.1 Å². The number of rotatable bonds is 4. The highest BCUT2D eigenvalue weighted by molar-refractivity contribution is 6.06. The summed E-state index contributed by atoms with van der Waals surface area (Å²) in [6.45, 7) is 14.4. The summed E-state index contributed by atoms with van der Waals surface area (Å²) in [5, 5.41) is 5.79. The molecular formula is C29H24N4. The lowest BCUT2D eigenvalue weighted by Gasteiger charge is -2.15. The van der Waals surface area contributed by atoms with E-state index in [-0.39, 0.29) is 0 Å². The summed E-state index contributed by atoms with van der Waals surface area (Å²) in [6, 6.07) is 26.6. The standard InChI is InChI=1S/C29H24N4/c1-5-21-15-17-22(18-16-21)27-28(30-4)26(24-14-10-9-11-19(24)2)25-20(3)32-33(29(25)31-27)23-12-7-6-8-13-23/h6-18H,5H2,1-3H3. The molecule has 0 spiro atoms. The van der Waals surface area contributed by atoms with Crippen molar-refractivity contribution in [2.75, 3.05) is 0 Å². The predicted octanol–water partition coefficient (Wildman–Crippen LogP) is 7.48. The van der Waals surface area contributed by atoms with Gasteiger partial charge in [0.2, 0.25) is 5.69 Å². The second-order valence-corrected chi connectivity index (χ2v) is 8.19. The lowest BCUT2D eigenvalue weighted by molar-refractivity contribution is 0.878. The van der Waals surface area contributed by atoms with E-state index in [9.17, 15) is 0 Å². The van der Waals surface area contributed by atoms with E-state index in [0.29, 0.717) is 11.4 Å². The summed E-state index contributed by atoms with van der Waals surface area (Å²) < 4.78 is 1.89. The Bertz CT molecular complexity index is 1500. The first-order valence-electron chi connectivity index (χ1n) is 11.1. The van der Waals surface area contributed by atoms with E-state index < -0.39 is 0 Å². The highest BCUT2D eigenvalue weighted by atomic mass is 15.3. The summed E-state index contributed by atoms with van der Waals surface area (Å²) in [6.07, 6.45) is 0.969. The van der Waals surface area contributed by atoms with Crippen molar-refractivity contribution in [2.24, 2.45) is 0 Å². The maximum Gasteiger partial charge on any atom is 0.221 e. The number of aromatic nitrogens is 3. The molecule has 0 fully saturated rings. The molecule has 0 bridgehead atoms. The quantitative estimate of drug-likeness (QED) is 0.278. The predicted molar refractivity (Wildman–Crippen MR) is 135 cm³/mol. The number of hydrogen-bond donors (Lipinski definition) is 0. The number of benzene rings is 3. The lowest BCUT2D eigenvalue weighted by Crippen LogP contribution is -1.99. The van der Waals surface area contributed by atoms with E-state index in [2.05, 4.69) is 55.1 Å². The van der Waals surface area contributed by atoms with Crippen molar-refractivity contribution < 1.29 is 0 Å². The van der Waals surface area contributed by atoms with Crippen molar-refractivity contribution in [2.45, 2.75) is 27.2 Å². The second-order valence-electron chi connectivity index (χ2n) is 8.19. The molecule has 3 aromatic carbocycles. The van der Waals surface area contributed by atoms with Gasteiger partial charge in [0.1, 0.15) is 0 Å². The summed E-state index contributed by atoms with van der Waals surface area (Å²) >= 11 is 0. The first-order valence-corrected chi connectivity index (χ1v) is 11.1. The van der Waals surface area contributed by atoms with Crippen LogP contribution in [-0.2, 0) is 6.42 Å². The molecule has 0 atom stereocenters. The molecule has 4 heteroatoms. The number of para-hydroxylation sites is 1. The maximum atomic E-state index is 8.15. The molecule has 0 aliphatic heterocycles. The molecule has 160 valence electrons. The molecule has 5 aromatic rings. The van der Waals surface area contributed by atoms with Crippen LogP contribution in [0, 0.1) is 20.4 Å². The van der Waals surface area contributed by atoms with Crippen LogP contribution in [0.15, 0.2) is 78.9 Å². The fourth-order valence-corrected chi connectivity index (χ4v) is 4.38. The van der Waals surface area contributed by atoms with Gasteiger partial charge in [-0.15, -0.1) is 0 Å². The smallest absolute Gasteiger partial charge is 0.221 e. The van der Waals surface area contributed by atoms with Gasteiger partial charge in [0.25, 0.3) is 0 Å². The van der Waals surface area contributed by atoms with Gasteiger partial charge in [0.15, 0.2) is 5.65 Å². The van der Waals surface area contributed by atoms with Gasteiger partial charge in [0, 0.05) is 10.9 Å². The molecule has 5 rings (SSSR count). The third-order valence-electron chi connectivity index (χ3n) is 6.13. The van der Waals surface area contributed by atoms with Crippen LogP contribution in [0.5, 0.6) is 0 Å². The molecule has 2 aromatic heterocycles. The number of fused-ring (bicyclic) bond motifs is 1. The SMILES string of the molecule is [C-]#[N+]c1c(-c2ccc(CC)cc2)nc2c(c(C)nn2-c2ccccc2)c1-c1ccccc1C. The van der Waals surface area contributed by atoms with Crippen LogP contribution < -0.4 is 0 Å². The zero-order valence-electron chi connectivity index (χ0n) is 19.0. The average Bonchev–Trinajstić information content (AvgIpc) is 3.20. The average molecular weight is 429 g/mol. The number of nitrogens with zero attached hydrogens (tertiary/aromatic N) is 4. The minimum absolute atomic E-state index is 0.566. The third kappa shape index (κ3) is 3.48. The minimum atomic E-state index is 0.566. The van der Waals surface area contributed by atoms with Crippen LogP contribution in [-0.4, -0.2) is 14.8 Å². The first kappa shape index (κ1) is 20.7. The summed E-state index contributed by atoms with van der Waals surface area (Å²) in [5.41, 5.74) is 9.08. The minimum Gasteiger partial charge on any atom is -0.240 e. The highest BCUT2D eigenvalue weighted by Gasteiger charge is 2.24. The van der Waals surface area contributed by atoms with Gasteiger partial charge in [-0.2, -0.15) is 5.10 Å². The van der Waals surface area contributed by atoms with Crippen molar-refractivity contribution in [1.29, 1.82) is 0 Å². The van der Waals surface area contributed by atoms with Crippen molar-refractivity contribution in [3.8, 4) is 28.1 Å². The molecule has 0 aliphatic carbocycles. The fourth-order valence-electron chi connectivity index (χ4n) is 4.38. The van der Waals surface area contributed by atoms with Crippen molar-refractivity contribution >= 4 is 16.7 Å². The van der Waals surface area contributed by atoms with Crippen LogP contribution in [0.2, 0.25) is 0 Å². The second kappa shape index (κ2) is 8.37. The van der Waals surface area contributed by atoms with Crippen LogP contribution in [0.4, 0.5) is 5.69 Å². The molecule has 0 radical (unpaired) electrons. The van der Waals surface area contributed by atoms with E-state index in [1.54, 1.807) is 0 Å². The first-order chi connectivity index (χ1) is 16.1. The molecule has 0 saturated carbocycles. The van der Waals surface area contributed by atoms with Crippen LogP contribution in [0.1, 0.15) is 23.7 Å². The Kier molecular flexibility index (Phi) is 5.24. The van der Waals surface area contributed by atoms with E-state index in [4.69, 9.17) is 16.7 Å². The molecule has 0 amide bonds. The third-order valence-corrected chi connectivity index (χ3v) is 6.13. The lowest BCUT2D eigenvalue weighted by atomic mass is 9.93. The van der Waals surface area contributed by atoms with Crippen LogP contribution in [0.25, 0.3) is 44.0 Å². The van der Waals surface area contributed by atoms with Crippen LogP contribution >= 0.6 is 0 Å². The summed E-state index contributed by atoms with van der Waals surface area (Å²) in [5.74, 6) is 0. The zero-order valence-corrected chi connectivity index (χ0v) is 19.0. The van der Waals surface area contributed by atoms with Gasteiger partial charge in [-0.05, 0) is 54.7 Å². The Labute approximate surface area is 194 Å². The Hall–Kier alpha value is -4.23. The van der Waals surface area contributed by atoms with Crippen molar-refractivity contribution in [3.05, 3.63) is 107 Å². The number of aryl methyl sites for hydroxylation is 3. The largest absolute Gasteiger partial charge is 0.240 e. The molecule has 4 nitrogen and oxygen atoms in total. The molecule has 0 aliphatic rings. The van der Waals surface area contributed by atoms with Gasteiger partial charge >= 0.3 is 0 Å². The zero-order chi connectivity index (χ0) is 22.9. The van der Waals surface area contributed by atoms with Gasteiger partial charge in [0.05, 0.1) is 23.6 Å².